The van der Waals surface area contributed by atoms with Crippen LogP contribution < -0.4 is 16.0 Å². The molecule has 0 amide bonds. The molecule has 1 aromatic rings. The summed E-state index contributed by atoms with van der Waals surface area (Å²) in [5.74, 6) is 5.19. The van der Waals surface area contributed by atoms with Gasteiger partial charge in [0.1, 0.15) is 0 Å². The van der Waals surface area contributed by atoms with Crippen molar-refractivity contribution < 1.29 is 13.3 Å². The Labute approximate surface area is 121 Å². The lowest BCUT2D eigenvalue weighted by molar-refractivity contribution is -0.387. The first-order valence-electron chi connectivity index (χ1n) is 5.59. The van der Waals surface area contributed by atoms with Crippen LogP contribution in [0.5, 0.6) is 0 Å². The second kappa shape index (κ2) is 6.88. The van der Waals surface area contributed by atoms with Gasteiger partial charge in [-0.3, -0.25) is 16.0 Å². The van der Waals surface area contributed by atoms with Crippen LogP contribution in [0.1, 0.15) is 6.92 Å². The normalized spacial score (nSPS) is 12.9. The molecule has 1 aromatic carbocycles. The third kappa shape index (κ3) is 4.07. The monoisotopic (exact) mass is 320 g/mol. The SMILES string of the molecule is CSC(C)CNS(=O)(=O)c1cc(NN)ccc1[N+](=O)[O-]. The maximum absolute atomic E-state index is 12.2. The Bertz CT molecular complexity index is 591. The molecule has 0 bridgehead atoms. The lowest BCUT2D eigenvalue weighted by atomic mass is 10.3. The highest BCUT2D eigenvalue weighted by atomic mass is 32.2. The van der Waals surface area contributed by atoms with Crippen molar-refractivity contribution in [1.29, 1.82) is 0 Å². The summed E-state index contributed by atoms with van der Waals surface area (Å²) in [6.45, 7) is 2.03. The Balaban J connectivity index is 3.18. The fourth-order valence-corrected chi connectivity index (χ4v) is 3.04. The molecule has 0 aliphatic rings. The van der Waals surface area contributed by atoms with Crippen LogP contribution >= 0.6 is 11.8 Å². The highest BCUT2D eigenvalue weighted by Gasteiger charge is 2.26. The molecule has 0 fully saturated rings. The van der Waals surface area contributed by atoms with Crippen LogP contribution in [0.4, 0.5) is 11.4 Å². The number of nitro benzene ring substituents is 1. The first-order valence-corrected chi connectivity index (χ1v) is 8.36. The first-order chi connectivity index (χ1) is 9.31. The van der Waals surface area contributed by atoms with Crippen LogP contribution in [0.3, 0.4) is 0 Å². The molecule has 1 rings (SSSR count). The van der Waals surface area contributed by atoms with E-state index in [1.165, 1.54) is 17.8 Å². The Kier molecular flexibility index (Phi) is 5.74. The maximum Gasteiger partial charge on any atom is 0.289 e. The van der Waals surface area contributed by atoms with E-state index >= 15 is 0 Å². The van der Waals surface area contributed by atoms with E-state index in [-0.39, 0.29) is 17.5 Å². The highest BCUT2D eigenvalue weighted by Crippen LogP contribution is 2.26. The molecule has 0 radical (unpaired) electrons. The van der Waals surface area contributed by atoms with E-state index in [1.807, 2.05) is 13.2 Å². The van der Waals surface area contributed by atoms with Crippen LogP contribution in [0.25, 0.3) is 0 Å². The highest BCUT2D eigenvalue weighted by molar-refractivity contribution is 7.99. The summed E-state index contributed by atoms with van der Waals surface area (Å²) in [6.07, 6.45) is 1.85. The van der Waals surface area contributed by atoms with Gasteiger partial charge in [0.25, 0.3) is 5.69 Å². The molecular weight excluding hydrogens is 304 g/mol. The van der Waals surface area contributed by atoms with Gasteiger partial charge in [-0.25, -0.2) is 13.1 Å². The number of anilines is 1. The number of thioether (sulfide) groups is 1. The van der Waals surface area contributed by atoms with E-state index < -0.39 is 25.5 Å². The number of hydrogen-bond acceptors (Lipinski definition) is 7. The van der Waals surface area contributed by atoms with Gasteiger partial charge in [0.2, 0.25) is 10.0 Å². The molecule has 0 aliphatic carbocycles. The zero-order chi connectivity index (χ0) is 15.3. The summed E-state index contributed by atoms with van der Waals surface area (Å²) < 4.78 is 26.7. The van der Waals surface area contributed by atoms with Gasteiger partial charge in [-0.2, -0.15) is 11.8 Å². The molecule has 20 heavy (non-hydrogen) atoms. The van der Waals surface area contributed by atoms with Crippen LogP contribution in [0.15, 0.2) is 23.1 Å². The fraction of sp³-hybridized carbons (Fsp3) is 0.400. The number of nitrogens with zero attached hydrogens (tertiary/aromatic N) is 1. The molecule has 0 saturated carbocycles. The molecular formula is C10H16N4O4S2. The fourth-order valence-electron chi connectivity index (χ4n) is 1.36. The smallest absolute Gasteiger partial charge is 0.289 e. The van der Waals surface area contributed by atoms with Crippen molar-refractivity contribution in [3.8, 4) is 0 Å². The first kappa shape index (κ1) is 16.7. The van der Waals surface area contributed by atoms with Crippen molar-refractivity contribution >= 4 is 33.2 Å². The zero-order valence-electron chi connectivity index (χ0n) is 11.0. The zero-order valence-corrected chi connectivity index (χ0v) is 12.6. The van der Waals surface area contributed by atoms with Crippen molar-refractivity contribution in [3.05, 3.63) is 28.3 Å². The topological polar surface area (TPSA) is 127 Å². The van der Waals surface area contributed by atoms with Gasteiger partial charge >= 0.3 is 0 Å². The van der Waals surface area contributed by atoms with Crippen LogP contribution in [-0.2, 0) is 10.0 Å². The minimum Gasteiger partial charge on any atom is -0.324 e. The van der Waals surface area contributed by atoms with E-state index in [4.69, 9.17) is 5.84 Å². The number of nitro groups is 1. The number of nitrogens with two attached hydrogens (primary N) is 1. The van der Waals surface area contributed by atoms with Gasteiger partial charge < -0.3 is 5.43 Å². The van der Waals surface area contributed by atoms with Gasteiger partial charge in [0.05, 0.1) is 10.6 Å². The van der Waals surface area contributed by atoms with Gasteiger partial charge in [-0.05, 0) is 18.4 Å². The lowest BCUT2D eigenvalue weighted by Gasteiger charge is -2.11. The Morgan fingerprint density at radius 2 is 2.15 bits per heavy atom. The van der Waals surface area contributed by atoms with Crippen molar-refractivity contribution in [1.82, 2.24) is 4.72 Å². The number of sulfonamides is 1. The van der Waals surface area contributed by atoms with Crippen molar-refractivity contribution in [2.45, 2.75) is 17.1 Å². The molecule has 4 N–H and O–H groups in total. The number of nitrogen functional groups attached to an aromatic ring is 1. The molecule has 1 unspecified atom stereocenters. The van der Waals surface area contributed by atoms with Crippen molar-refractivity contribution in [2.24, 2.45) is 5.84 Å². The molecule has 0 aliphatic heterocycles. The van der Waals surface area contributed by atoms with Gasteiger partial charge in [0, 0.05) is 17.9 Å². The second-order valence-corrected chi connectivity index (χ2v) is 6.99. The Morgan fingerprint density at radius 3 is 2.65 bits per heavy atom. The molecule has 0 saturated heterocycles. The molecule has 0 aromatic heterocycles. The molecule has 0 heterocycles. The number of nitrogens with one attached hydrogen (secondary N) is 2. The Hall–Kier alpha value is -1.36. The minimum absolute atomic E-state index is 0.0552. The predicted octanol–water partition coefficient (Wildman–Crippen LogP) is 0.910. The van der Waals surface area contributed by atoms with Crippen molar-refractivity contribution in [2.75, 3.05) is 18.2 Å². The largest absolute Gasteiger partial charge is 0.324 e. The molecule has 1 atom stereocenters. The van der Waals surface area contributed by atoms with E-state index in [2.05, 4.69) is 10.1 Å². The quantitative estimate of drug-likeness (QED) is 0.387. The molecule has 8 nitrogen and oxygen atoms in total. The number of hydrazine groups is 1. The third-order valence-electron chi connectivity index (χ3n) is 2.58. The summed E-state index contributed by atoms with van der Waals surface area (Å²) in [5, 5.41) is 11.0. The standard InChI is InChI=1S/C10H16N4O4S2/c1-7(19-2)6-12-20(17,18)10-5-8(13-11)3-4-9(10)14(15)16/h3-5,7,12-13H,6,11H2,1-2H3. The average Bonchev–Trinajstić information content (AvgIpc) is 2.43. The summed E-state index contributed by atoms with van der Waals surface area (Å²) in [4.78, 5) is 9.77. The Morgan fingerprint density at radius 1 is 1.50 bits per heavy atom. The molecule has 112 valence electrons. The predicted molar refractivity (Wildman–Crippen MR) is 79.1 cm³/mol. The summed E-state index contributed by atoms with van der Waals surface area (Å²) in [7, 11) is -3.97. The van der Waals surface area contributed by atoms with Crippen LogP contribution in [0, 0.1) is 10.1 Å². The van der Waals surface area contributed by atoms with E-state index in [0.717, 1.165) is 12.1 Å². The van der Waals surface area contributed by atoms with E-state index in [0.29, 0.717) is 0 Å². The van der Waals surface area contributed by atoms with E-state index in [9.17, 15) is 18.5 Å². The molecule has 0 spiro atoms. The number of rotatable bonds is 7. The summed E-state index contributed by atoms with van der Waals surface area (Å²) in [5.41, 5.74) is 2.04. The average molecular weight is 320 g/mol. The number of hydrogen-bond donors (Lipinski definition) is 3. The van der Waals surface area contributed by atoms with Gasteiger partial charge in [-0.15, -0.1) is 0 Å². The van der Waals surface area contributed by atoms with Crippen molar-refractivity contribution in [3.63, 3.8) is 0 Å². The van der Waals surface area contributed by atoms with Crippen LogP contribution in [0.2, 0.25) is 0 Å². The minimum atomic E-state index is -3.97. The van der Waals surface area contributed by atoms with E-state index in [1.54, 1.807) is 0 Å². The van der Waals surface area contributed by atoms with Crippen LogP contribution in [-0.4, -0.2) is 31.4 Å². The third-order valence-corrected chi connectivity index (χ3v) is 5.00. The van der Waals surface area contributed by atoms with Gasteiger partial charge in [-0.1, -0.05) is 6.92 Å². The van der Waals surface area contributed by atoms with Gasteiger partial charge in [0.15, 0.2) is 4.90 Å². The second-order valence-electron chi connectivity index (χ2n) is 3.98. The lowest BCUT2D eigenvalue weighted by Crippen LogP contribution is -2.30. The maximum atomic E-state index is 12.2. The number of benzene rings is 1. The molecule has 10 heteroatoms. The summed E-state index contributed by atoms with van der Waals surface area (Å²) >= 11 is 1.49. The summed E-state index contributed by atoms with van der Waals surface area (Å²) in [6, 6.07) is 3.56.